The lowest BCUT2D eigenvalue weighted by atomic mass is 10.2. The molecule has 2 aromatic heterocycles. The molecular weight excluding hydrogens is 454 g/mol. The van der Waals surface area contributed by atoms with E-state index in [-0.39, 0.29) is 11.3 Å². The molecule has 0 unspecified atom stereocenters. The van der Waals surface area contributed by atoms with E-state index in [0.717, 1.165) is 4.57 Å². The Morgan fingerprint density at radius 1 is 1.03 bits per heavy atom. The lowest BCUT2D eigenvalue weighted by molar-refractivity contribution is 0.430. The zero-order chi connectivity index (χ0) is 21.6. The van der Waals surface area contributed by atoms with Gasteiger partial charge in [0.2, 0.25) is 5.88 Å². The van der Waals surface area contributed by atoms with Crippen LogP contribution in [0.15, 0.2) is 66.3 Å². The van der Waals surface area contributed by atoms with E-state index in [4.69, 9.17) is 0 Å². The van der Waals surface area contributed by atoms with Crippen LogP contribution in [0.5, 0.6) is 5.88 Å². The van der Waals surface area contributed by atoms with Crippen LogP contribution in [0.4, 0.5) is 5.69 Å². The summed E-state index contributed by atoms with van der Waals surface area (Å²) in [4.78, 5) is 43.1. The maximum Gasteiger partial charge on any atom is 0.335 e. The molecule has 0 amide bonds. The van der Waals surface area contributed by atoms with Crippen molar-refractivity contribution in [2.24, 2.45) is 19.1 Å². The van der Waals surface area contributed by atoms with Crippen LogP contribution < -0.4 is 16.9 Å². The zero-order valence-electron chi connectivity index (χ0n) is 16.0. The number of para-hydroxylation sites is 1. The predicted molar refractivity (Wildman–Crippen MR) is 117 cm³/mol. The number of nitrogens with zero attached hydrogens (tertiary/aromatic N) is 4. The van der Waals surface area contributed by atoms with E-state index in [1.807, 2.05) is 0 Å². The number of aromatic nitrogens is 4. The predicted octanol–water partition coefficient (Wildman–Crippen LogP) is 1.93. The molecule has 2 aromatic carbocycles. The van der Waals surface area contributed by atoms with E-state index >= 15 is 0 Å². The first-order chi connectivity index (χ1) is 14.3. The molecule has 0 saturated carbocycles. The molecule has 30 heavy (non-hydrogen) atoms. The lowest BCUT2D eigenvalue weighted by Crippen LogP contribution is -2.31. The molecule has 9 nitrogen and oxygen atoms in total. The molecule has 4 rings (SSSR count). The van der Waals surface area contributed by atoms with Gasteiger partial charge in [-0.3, -0.25) is 23.9 Å². The topological polar surface area (TPSA) is 114 Å². The monoisotopic (exact) mass is 469 g/mol. The van der Waals surface area contributed by atoms with Gasteiger partial charge < -0.3 is 5.11 Å². The van der Waals surface area contributed by atoms with Gasteiger partial charge in [-0.05, 0) is 40.2 Å². The number of hydrogen-bond donors (Lipinski definition) is 2. The Balaban J connectivity index is 1.87. The van der Waals surface area contributed by atoms with Crippen LogP contribution in [0.2, 0.25) is 0 Å². The van der Waals surface area contributed by atoms with Crippen LogP contribution >= 0.6 is 15.9 Å². The number of aryl methyl sites for hydroxylation is 2. The van der Waals surface area contributed by atoms with Gasteiger partial charge in [-0.15, -0.1) is 0 Å². The summed E-state index contributed by atoms with van der Waals surface area (Å²) < 4.78 is 4.59. The second kappa shape index (κ2) is 7.30. The van der Waals surface area contributed by atoms with Gasteiger partial charge in [0, 0.05) is 24.8 Å². The second-order valence-corrected chi connectivity index (χ2v) is 7.47. The summed E-state index contributed by atoms with van der Waals surface area (Å²) in [5.41, 5.74) is 0.333. The lowest BCUT2D eigenvalue weighted by Gasteiger charge is -2.09. The maximum atomic E-state index is 12.3. The van der Waals surface area contributed by atoms with Crippen LogP contribution in [-0.4, -0.2) is 30.0 Å². The van der Waals surface area contributed by atoms with Gasteiger partial charge in [0.05, 0.1) is 22.4 Å². The van der Waals surface area contributed by atoms with E-state index in [1.165, 1.54) is 15.3 Å². The zero-order valence-corrected chi connectivity index (χ0v) is 17.5. The number of H-pyrrole nitrogens is 1. The molecule has 0 spiro atoms. The highest BCUT2D eigenvalue weighted by Crippen LogP contribution is 2.30. The molecule has 0 fully saturated rings. The van der Waals surface area contributed by atoms with E-state index in [9.17, 15) is 19.5 Å². The number of aliphatic imine (C=N–C) groups is 1. The summed E-state index contributed by atoms with van der Waals surface area (Å²) in [6, 6.07) is 11.9. The maximum absolute atomic E-state index is 12.3. The van der Waals surface area contributed by atoms with Crippen molar-refractivity contribution < 1.29 is 5.11 Å². The minimum atomic E-state index is -0.766. The Morgan fingerprint density at radius 3 is 2.33 bits per heavy atom. The molecule has 0 aliphatic rings. The Bertz CT molecular complexity index is 1490. The van der Waals surface area contributed by atoms with Crippen molar-refractivity contribution >= 4 is 38.9 Å². The van der Waals surface area contributed by atoms with Gasteiger partial charge in [-0.1, -0.05) is 18.2 Å². The number of imidazole rings is 1. The summed E-state index contributed by atoms with van der Waals surface area (Å²) in [6.07, 6.45) is 1.18. The Morgan fingerprint density at radius 2 is 1.67 bits per heavy atom. The number of hydrogen-bond acceptors (Lipinski definition) is 5. The number of halogens is 1. The standard InChI is InChI=1S/C20H16BrN5O4/c1-24-15-8-13(21)14(9-16(15)25(2)20(24)30)22-10-12-17(27)23-19(29)26(18(12)28)11-6-4-3-5-7-11/h3-10,28H,1-2H3,(H,23,27,29). The summed E-state index contributed by atoms with van der Waals surface area (Å²) in [7, 11) is 3.32. The van der Waals surface area contributed by atoms with Gasteiger partial charge in [-0.25, -0.2) is 14.2 Å². The number of fused-ring (bicyclic) bond motifs is 1. The van der Waals surface area contributed by atoms with Gasteiger partial charge >= 0.3 is 11.4 Å². The Kier molecular flexibility index (Phi) is 4.78. The van der Waals surface area contributed by atoms with Crippen LogP contribution in [0.3, 0.4) is 0 Å². The first kappa shape index (κ1) is 19.6. The smallest absolute Gasteiger partial charge is 0.335 e. The van der Waals surface area contributed by atoms with E-state index in [1.54, 1.807) is 56.6 Å². The van der Waals surface area contributed by atoms with Gasteiger partial charge in [0.1, 0.15) is 5.56 Å². The SMILES string of the molecule is Cn1c(=O)n(C)c2cc(N=Cc3c(O)n(-c4ccccc4)c(=O)[nH]c3=O)c(Br)cc21. The average Bonchev–Trinajstić information content (AvgIpc) is 2.92. The molecule has 4 aromatic rings. The minimum absolute atomic E-state index is 0.174. The van der Waals surface area contributed by atoms with Gasteiger partial charge in [0.15, 0.2) is 0 Å². The average molecular weight is 470 g/mol. The van der Waals surface area contributed by atoms with Crippen molar-refractivity contribution in [3.8, 4) is 11.6 Å². The van der Waals surface area contributed by atoms with Crippen LogP contribution in [-0.2, 0) is 14.1 Å². The molecule has 0 saturated heterocycles. The summed E-state index contributed by atoms with van der Waals surface area (Å²) in [5.74, 6) is -0.525. The largest absolute Gasteiger partial charge is 0.493 e. The molecule has 2 heterocycles. The van der Waals surface area contributed by atoms with Crippen molar-refractivity contribution in [2.75, 3.05) is 0 Å². The highest BCUT2D eigenvalue weighted by molar-refractivity contribution is 9.10. The molecule has 152 valence electrons. The summed E-state index contributed by atoms with van der Waals surface area (Å²) >= 11 is 3.42. The summed E-state index contributed by atoms with van der Waals surface area (Å²) in [6.45, 7) is 0. The van der Waals surface area contributed by atoms with E-state index < -0.39 is 17.1 Å². The molecule has 10 heteroatoms. The molecule has 0 aliphatic heterocycles. The van der Waals surface area contributed by atoms with E-state index in [2.05, 4.69) is 25.9 Å². The van der Waals surface area contributed by atoms with Crippen molar-refractivity contribution in [1.82, 2.24) is 18.7 Å². The molecule has 0 bridgehead atoms. The summed E-state index contributed by atoms with van der Waals surface area (Å²) in [5, 5.41) is 10.6. The number of aromatic amines is 1. The first-order valence-electron chi connectivity index (χ1n) is 8.82. The number of nitrogens with one attached hydrogen (secondary N) is 1. The highest BCUT2D eigenvalue weighted by atomic mass is 79.9. The first-order valence-corrected chi connectivity index (χ1v) is 9.61. The number of aromatic hydroxyl groups is 1. The van der Waals surface area contributed by atoms with Crippen molar-refractivity contribution in [3.63, 3.8) is 0 Å². The van der Waals surface area contributed by atoms with Crippen molar-refractivity contribution in [3.05, 3.63) is 83.8 Å². The fourth-order valence-corrected chi connectivity index (χ4v) is 3.65. The Hall–Kier alpha value is -3.66. The molecule has 0 radical (unpaired) electrons. The number of rotatable bonds is 3. The fourth-order valence-electron chi connectivity index (χ4n) is 3.21. The highest BCUT2D eigenvalue weighted by Gasteiger charge is 2.15. The van der Waals surface area contributed by atoms with Crippen LogP contribution in [0, 0.1) is 0 Å². The van der Waals surface area contributed by atoms with Gasteiger partial charge in [-0.2, -0.15) is 0 Å². The third-order valence-corrected chi connectivity index (χ3v) is 5.44. The van der Waals surface area contributed by atoms with Crippen molar-refractivity contribution in [2.45, 2.75) is 0 Å². The number of benzene rings is 2. The molecule has 2 N–H and O–H groups in total. The van der Waals surface area contributed by atoms with Crippen LogP contribution in [0.1, 0.15) is 5.56 Å². The third-order valence-electron chi connectivity index (χ3n) is 4.81. The second-order valence-electron chi connectivity index (χ2n) is 6.62. The molecule has 0 aliphatic carbocycles. The van der Waals surface area contributed by atoms with Gasteiger partial charge in [0.25, 0.3) is 5.56 Å². The normalized spacial score (nSPS) is 11.6. The quantitative estimate of drug-likeness (QED) is 0.446. The van der Waals surface area contributed by atoms with Crippen LogP contribution in [0.25, 0.3) is 16.7 Å². The molecule has 0 atom stereocenters. The van der Waals surface area contributed by atoms with Crippen molar-refractivity contribution in [1.29, 1.82) is 0 Å². The Labute approximate surface area is 177 Å². The van der Waals surface area contributed by atoms with E-state index in [0.29, 0.717) is 26.9 Å². The minimum Gasteiger partial charge on any atom is -0.493 e. The molecular formula is C20H16BrN5O4. The fraction of sp³-hybridized carbons (Fsp3) is 0.100. The third kappa shape index (κ3) is 3.11.